The van der Waals surface area contributed by atoms with Crippen LogP contribution >= 0.6 is 27.3 Å². The number of rotatable bonds is 4. The number of unbranched alkanes of at least 4 members (excludes halogenated alkanes) is 1. The molecule has 0 atom stereocenters. The van der Waals surface area contributed by atoms with Crippen molar-refractivity contribution in [2.75, 3.05) is 6.61 Å². The van der Waals surface area contributed by atoms with E-state index in [0.717, 1.165) is 21.2 Å². The standard InChI is InChI=1S/C12H12BrNO4S/c1-2-3-4-18-12(17)14-8(11(15)16)5-7-6-9(13)19-10(7)14/h5-6H,2-4H2,1H3,(H,15,16). The normalized spacial score (nSPS) is 10.8. The molecule has 0 bridgehead atoms. The molecule has 0 spiro atoms. The largest absolute Gasteiger partial charge is 0.477 e. The molecule has 2 heterocycles. The molecule has 0 aliphatic carbocycles. The lowest BCUT2D eigenvalue weighted by molar-refractivity contribution is 0.0682. The lowest BCUT2D eigenvalue weighted by Crippen LogP contribution is -2.18. The van der Waals surface area contributed by atoms with Crippen LogP contribution in [-0.2, 0) is 4.74 Å². The molecule has 0 fully saturated rings. The van der Waals surface area contributed by atoms with Crippen LogP contribution in [0.4, 0.5) is 4.79 Å². The van der Waals surface area contributed by atoms with E-state index in [4.69, 9.17) is 9.84 Å². The first kappa shape index (κ1) is 14.1. The maximum absolute atomic E-state index is 12.0. The minimum absolute atomic E-state index is 0.0738. The van der Waals surface area contributed by atoms with Gasteiger partial charge >= 0.3 is 12.1 Å². The van der Waals surface area contributed by atoms with E-state index in [1.54, 1.807) is 6.07 Å². The van der Waals surface area contributed by atoms with Gasteiger partial charge in [-0.25, -0.2) is 14.2 Å². The number of nitrogens with zero attached hydrogens (tertiary/aromatic N) is 1. The van der Waals surface area contributed by atoms with Gasteiger partial charge in [0.2, 0.25) is 0 Å². The maximum atomic E-state index is 12.0. The number of carbonyl (C=O) groups is 2. The second-order valence-corrected chi connectivity index (χ2v) is 6.36. The minimum atomic E-state index is -1.15. The zero-order valence-corrected chi connectivity index (χ0v) is 12.6. The van der Waals surface area contributed by atoms with Gasteiger partial charge in [-0.1, -0.05) is 13.3 Å². The van der Waals surface area contributed by atoms with Crippen molar-refractivity contribution in [3.05, 3.63) is 21.6 Å². The van der Waals surface area contributed by atoms with Gasteiger partial charge in [0.15, 0.2) is 0 Å². The van der Waals surface area contributed by atoms with Crippen molar-refractivity contribution in [2.45, 2.75) is 19.8 Å². The van der Waals surface area contributed by atoms with Gasteiger partial charge in [-0.15, -0.1) is 11.3 Å². The smallest absolute Gasteiger partial charge is 0.419 e. The molecule has 2 aromatic heterocycles. The number of fused-ring (bicyclic) bond motifs is 1. The Hall–Kier alpha value is -1.34. The van der Waals surface area contributed by atoms with E-state index in [1.165, 1.54) is 17.4 Å². The maximum Gasteiger partial charge on any atom is 0.419 e. The first-order valence-corrected chi connectivity index (χ1v) is 7.36. The van der Waals surface area contributed by atoms with Crippen LogP contribution in [0.2, 0.25) is 0 Å². The quantitative estimate of drug-likeness (QED) is 0.851. The number of hydrogen-bond donors (Lipinski definition) is 1. The van der Waals surface area contributed by atoms with Crippen LogP contribution in [0, 0.1) is 0 Å². The summed E-state index contributed by atoms with van der Waals surface area (Å²) in [4.78, 5) is 23.7. The number of thiophene rings is 1. The molecule has 0 aromatic carbocycles. The predicted octanol–water partition coefficient (Wildman–Crippen LogP) is 3.95. The molecule has 0 amide bonds. The third-order valence-corrected chi connectivity index (χ3v) is 4.21. The zero-order valence-electron chi connectivity index (χ0n) is 10.2. The molecular formula is C12H12BrNO4S. The first-order valence-electron chi connectivity index (χ1n) is 5.75. The van der Waals surface area contributed by atoms with Crippen molar-refractivity contribution in [3.8, 4) is 0 Å². The summed E-state index contributed by atoms with van der Waals surface area (Å²) in [7, 11) is 0. The average molecular weight is 346 g/mol. The third-order valence-electron chi connectivity index (χ3n) is 2.57. The van der Waals surface area contributed by atoms with Crippen LogP contribution in [0.5, 0.6) is 0 Å². The lowest BCUT2D eigenvalue weighted by Gasteiger charge is -2.06. The molecule has 0 saturated carbocycles. The van der Waals surface area contributed by atoms with Gasteiger partial charge < -0.3 is 9.84 Å². The summed E-state index contributed by atoms with van der Waals surface area (Å²) in [6, 6.07) is 3.25. The Morgan fingerprint density at radius 1 is 1.47 bits per heavy atom. The lowest BCUT2D eigenvalue weighted by atomic mass is 10.3. The summed E-state index contributed by atoms with van der Waals surface area (Å²) < 4.78 is 7.04. The molecule has 7 heteroatoms. The molecule has 0 unspecified atom stereocenters. The molecule has 0 saturated heterocycles. The average Bonchev–Trinajstić information content (AvgIpc) is 2.84. The highest BCUT2D eigenvalue weighted by molar-refractivity contribution is 9.11. The summed E-state index contributed by atoms with van der Waals surface area (Å²) in [6.45, 7) is 2.28. The molecule has 2 aromatic rings. The monoisotopic (exact) mass is 345 g/mol. The second-order valence-electron chi connectivity index (χ2n) is 3.95. The fraction of sp³-hybridized carbons (Fsp3) is 0.333. The van der Waals surface area contributed by atoms with Crippen molar-refractivity contribution in [3.63, 3.8) is 0 Å². The van der Waals surface area contributed by atoms with Crippen molar-refractivity contribution >= 4 is 49.5 Å². The Morgan fingerprint density at radius 3 is 2.84 bits per heavy atom. The van der Waals surface area contributed by atoms with E-state index >= 15 is 0 Å². The van der Waals surface area contributed by atoms with E-state index in [0.29, 0.717) is 16.8 Å². The van der Waals surface area contributed by atoms with Gasteiger partial charge in [0.05, 0.1) is 10.4 Å². The number of ether oxygens (including phenoxy) is 1. The number of hydrogen-bond acceptors (Lipinski definition) is 4. The van der Waals surface area contributed by atoms with Crippen molar-refractivity contribution in [2.24, 2.45) is 0 Å². The molecule has 0 aliphatic rings. The van der Waals surface area contributed by atoms with Gasteiger partial charge in [-0.3, -0.25) is 0 Å². The fourth-order valence-corrected chi connectivity index (χ4v) is 3.25. The summed E-state index contributed by atoms with van der Waals surface area (Å²) in [5, 5.41) is 9.85. The highest BCUT2D eigenvalue weighted by Gasteiger charge is 2.22. The molecule has 102 valence electrons. The van der Waals surface area contributed by atoms with Crippen molar-refractivity contribution < 1.29 is 19.4 Å². The Balaban J connectivity index is 2.40. The van der Waals surface area contributed by atoms with E-state index in [9.17, 15) is 9.59 Å². The van der Waals surface area contributed by atoms with Gasteiger partial charge in [-0.05, 0) is 34.5 Å². The van der Waals surface area contributed by atoms with Crippen LogP contribution in [0.25, 0.3) is 10.2 Å². The van der Waals surface area contributed by atoms with Crippen molar-refractivity contribution in [1.29, 1.82) is 0 Å². The van der Waals surface area contributed by atoms with Gasteiger partial charge in [0, 0.05) is 5.39 Å². The van der Waals surface area contributed by atoms with E-state index < -0.39 is 12.1 Å². The SMILES string of the molecule is CCCCOC(=O)n1c(C(=O)O)cc2cc(Br)sc21. The number of aromatic nitrogens is 1. The van der Waals surface area contributed by atoms with Crippen LogP contribution in [0.15, 0.2) is 15.9 Å². The highest BCUT2D eigenvalue weighted by Crippen LogP contribution is 2.32. The summed E-state index contributed by atoms with van der Waals surface area (Å²) >= 11 is 4.62. The number of carboxylic acid groups (broad SMARTS) is 1. The number of carboxylic acids is 1. The molecule has 1 N–H and O–H groups in total. The van der Waals surface area contributed by atoms with Gasteiger partial charge in [0.1, 0.15) is 10.5 Å². The molecule has 0 aliphatic heterocycles. The summed E-state index contributed by atoms with van der Waals surface area (Å²) in [5.41, 5.74) is -0.0738. The van der Waals surface area contributed by atoms with Gasteiger partial charge in [0.25, 0.3) is 0 Å². The third kappa shape index (κ3) is 2.82. The zero-order chi connectivity index (χ0) is 14.0. The van der Waals surface area contributed by atoms with E-state index in [1.807, 2.05) is 6.92 Å². The Morgan fingerprint density at radius 2 is 2.21 bits per heavy atom. The van der Waals surface area contributed by atoms with Crippen LogP contribution in [0.3, 0.4) is 0 Å². The number of halogens is 1. The van der Waals surface area contributed by atoms with Crippen molar-refractivity contribution in [1.82, 2.24) is 4.57 Å². The number of aromatic carboxylic acids is 1. The van der Waals surface area contributed by atoms with Crippen LogP contribution in [0.1, 0.15) is 30.3 Å². The van der Waals surface area contributed by atoms with E-state index in [-0.39, 0.29) is 5.69 Å². The first-order chi connectivity index (χ1) is 9.04. The molecular weight excluding hydrogens is 334 g/mol. The summed E-state index contributed by atoms with van der Waals surface area (Å²) in [6.07, 6.45) is 1.02. The Bertz CT molecular complexity index is 631. The summed E-state index contributed by atoms with van der Waals surface area (Å²) in [5.74, 6) is -1.15. The van der Waals surface area contributed by atoms with E-state index in [2.05, 4.69) is 15.9 Å². The Kier molecular flexibility index (Phi) is 4.26. The molecule has 0 radical (unpaired) electrons. The van der Waals surface area contributed by atoms with Gasteiger partial charge in [-0.2, -0.15) is 0 Å². The topological polar surface area (TPSA) is 68.5 Å². The number of carbonyl (C=O) groups excluding carboxylic acids is 1. The van der Waals surface area contributed by atoms with Crippen LogP contribution < -0.4 is 0 Å². The molecule has 19 heavy (non-hydrogen) atoms. The Labute approximate surface area is 121 Å². The second kappa shape index (κ2) is 5.75. The molecule has 2 rings (SSSR count). The molecule has 5 nitrogen and oxygen atoms in total. The highest BCUT2D eigenvalue weighted by atomic mass is 79.9. The fourth-order valence-electron chi connectivity index (χ4n) is 1.67. The minimum Gasteiger partial charge on any atom is -0.477 e. The predicted molar refractivity (Wildman–Crippen MR) is 76.1 cm³/mol. The van der Waals surface area contributed by atoms with Crippen LogP contribution in [-0.4, -0.2) is 28.3 Å².